The van der Waals surface area contributed by atoms with Crippen LogP contribution in [0.4, 0.5) is 0 Å². The second-order valence-electron chi connectivity index (χ2n) is 4.72. The Kier molecular flexibility index (Phi) is 3.89. The van der Waals surface area contributed by atoms with E-state index in [9.17, 15) is 0 Å². The van der Waals surface area contributed by atoms with Gasteiger partial charge in [0, 0.05) is 19.3 Å². The molecule has 3 nitrogen and oxygen atoms in total. The van der Waals surface area contributed by atoms with Crippen molar-refractivity contribution in [3.63, 3.8) is 0 Å². The van der Waals surface area contributed by atoms with Gasteiger partial charge < -0.3 is 14.2 Å². The Balaban J connectivity index is 1.59. The lowest BCUT2D eigenvalue weighted by Gasteiger charge is -2.33. The molecule has 0 aromatic heterocycles. The van der Waals surface area contributed by atoms with E-state index in [-0.39, 0.29) is 23.7 Å². The molecule has 1 aromatic carbocycles. The fourth-order valence-corrected chi connectivity index (χ4v) is 3.79. The Bertz CT molecular complexity index is 384. The van der Waals surface area contributed by atoms with Crippen LogP contribution < -0.4 is 0 Å². The lowest BCUT2D eigenvalue weighted by Crippen LogP contribution is -2.43. The van der Waals surface area contributed by atoms with Gasteiger partial charge in [0.2, 0.25) is 0 Å². The minimum atomic E-state index is 0.138. The maximum absolute atomic E-state index is 6.01. The van der Waals surface area contributed by atoms with Crippen LogP contribution in [0.15, 0.2) is 30.3 Å². The summed E-state index contributed by atoms with van der Waals surface area (Å²) in [5.41, 5.74) is 1.39. The van der Waals surface area contributed by atoms with Crippen molar-refractivity contribution in [1.82, 2.24) is 0 Å². The second kappa shape index (κ2) is 5.61. The summed E-state index contributed by atoms with van der Waals surface area (Å²) in [6, 6.07) is 10.3. The molecule has 2 fully saturated rings. The van der Waals surface area contributed by atoms with Crippen LogP contribution >= 0.6 is 11.8 Å². The van der Waals surface area contributed by atoms with Crippen molar-refractivity contribution in [2.75, 3.05) is 12.9 Å². The zero-order valence-electron chi connectivity index (χ0n) is 10.5. The molecule has 4 atom stereocenters. The molecular weight excluding hydrogens is 248 g/mol. The first-order valence-corrected chi connectivity index (χ1v) is 7.37. The van der Waals surface area contributed by atoms with Crippen molar-refractivity contribution < 1.29 is 14.2 Å². The van der Waals surface area contributed by atoms with E-state index in [2.05, 4.69) is 12.1 Å². The first kappa shape index (κ1) is 12.5. The standard InChI is InChI=1S/C14H18O3S/c1-15-11-7-12(14-17-13(11)9-18-14)16-8-10-5-3-2-4-6-10/h2-6,11-14H,7-9H2,1H3. The summed E-state index contributed by atoms with van der Waals surface area (Å²) in [6.45, 7) is 0.646. The summed E-state index contributed by atoms with van der Waals surface area (Å²) in [5.74, 6) is 1.02. The zero-order valence-corrected chi connectivity index (χ0v) is 11.3. The van der Waals surface area contributed by atoms with E-state index in [1.54, 1.807) is 7.11 Å². The first-order chi connectivity index (χ1) is 8.86. The molecule has 2 heterocycles. The molecule has 0 N–H and O–H groups in total. The van der Waals surface area contributed by atoms with E-state index in [4.69, 9.17) is 14.2 Å². The van der Waals surface area contributed by atoms with E-state index < -0.39 is 0 Å². The number of thioether (sulfide) groups is 1. The Labute approximate surface area is 112 Å². The molecular formula is C14H18O3S. The number of rotatable bonds is 4. The predicted octanol–water partition coefficient (Wildman–Crippen LogP) is 2.45. The van der Waals surface area contributed by atoms with Crippen LogP contribution in [0.25, 0.3) is 0 Å². The monoisotopic (exact) mass is 266 g/mol. The molecule has 2 aliphatic rings. The van der Waals surface area contributed by atoms with Gasteiger partial charge in [-0.25, -0.2) is 0 Å². The van der Waals surface area contributed by atoms with Crippen LogP contribution in [0.3, 0.4) is 0 Å². The van der Waals surface area contributed by atoms with Crippen molar-refractivity contribution in [3.05, 3.63) is 35.9 Å². The van der Waals surface area contributed by atoms with E-state index >= 15 is 0 Å². The Morgan fingerprint density at radius 1 is 1.28 bits per heavy atom. The van der Waals surface area contributed by atoms with Crippen LogP contribution in [0.1, 0.15) is 12.0 Å². The maximum Gasteiger partial charge on any atom is 0.130 e. The van der Waals surface area contributed by atoms with E-state index in [0.29, 0.717) is 6.61 Å². The van der Waals surface area contributed by atoms with Gasteiger partial charge in [0.05, 0.1) is 24.9 Å². The van der Waals surface area contributed by atoms with Gasteiger partial charge in [0.25, 0.3) is 0 Å². The van der Waals surface area contributed by atoms with Crippen molar-refractivity contribution in [2.45, 2.75) is 36.8 Å². The van der Waals surface area contributed by atoms with Crippen LogP contribution in [0.5, 0.6) is 0 Å². The molecule has 2 saturated heterocycles. The molecule has 0 saturated carbocycles. The summed E-state index contributed by atoms with van der Waals surface area (Å²) in [6.07, 6.45) is 1.50. The topological polar surface area (TPSA) is 27.7 Å². The van der Waals surface area contributed by atoms with Gasteiger partial charge in [0.1, 0.15) is 5.44 Å². The highest BCUT2D eigenvalue weighted by Gasteiger charge is 2.44. The minimum Gasteiger partial charge on any atom is -0.379 e. The molecule has 3 rings (SSSR count). The normalized spacial score (nSPS) is 34.7. The molecule has 0 amide bonds. The number of benzene rings is 1. The van der Waals surface area contributed by atoms with Crippen LogP contribution in [-0.4, -0.2) is 36.6 Å². The lowest BCUT2D eigenvalue weighted by atomic mass is 10.0. The smallest absolute Gasteiger partial charge is 0.130 e. The summed E-state index contributed by atoms with van der Waals surface area (Å²) >= 11 is 1.85. The third-order valence-corrected chi connectivity index (χ3v) is 4.79. The number of hydrogen-bond acceptors (Lipinski definition) is 4. The van der Waals surface area contributed by atoms with Gasteiger partial charge in [-0.15, -0.1) is 11.8 Å². The molecule has 1 aromatic rings. The van der Waals surface area contributed by atoms with Crippen molar-refractivity contribution >= 4 is 11.8 Å². The molecule has 98 valence electrons. The van der Waals surface area contributed by atoms with Crippen molar-refractivity contribution in [2.24, 2.45) is 0 Å². The molecule has 2 bridgehead atoms. The molecule has 2 aliphatic heterocycles. The largest absolute Gasteiger partial charge is 0.379 e. The molecule has 4 unspecified atom stereocenters. The fraction of sp³-hybridized carbons (Fsp3) is 0.571. The number of methoxy groups -OCH3 is 1. The number of ether oxygens (including phenoxy) is 3. The van der Waals surface area contributed by atoms with E-state index in [1.165, 1.54) is 5.56 Å². The van der Waals surface area contributed by atoms with E-state index in [0.717, 1.165) is 12.2 Å². The lowest BCUT2D eigenvalue weighted by molar-refractivity contribution is -0.149. The molecule has 0 radical (unpaired) electrons. The highest BCUT2D eigenvalue weighted by atomic mass is 32.2. The summed E-state index contributed by atoms with van der Waals surface area (Å²) in [7, 11) is 1.76. The average molecular weight is 266 g/mol. The highest BCUT2D eigenvalue weighted by molar-refractivity contribution is 8.00. The maximum atomic E-state index is 6.01. The fourth-order valence-electron chi connectivity index (χ4n) is 2.49. The van der Waals surface area contributed by atoms with Crippen LogP contribution in [0, 0.1) is 0 Å². The first-order valence-electron chi connectivity index (χ1n) is 6.32. The SMILES string of the molecule is COC1CC(OCc2ccccc2)C2OC1CS2. The Morgan fingerprint density at radius 2 is 2.11 bits per heavy atom. The van der Waals surface area contributed by atoms with Crippen molar-refractivity contribution in [1.29, 1.82) is 0 Å². The quantitative estimate of drug-likeness (QED) is 0.836. The summed E-state index contributed by atoms with van der Waals surface area (Å²) < 4.78 is 17.4. The Hall–Kier alpha value is -0.550. The molecule has 4 heteroatoms. The van der Waals surface area contributed by atoms with Gasteiger partial charge in [-0.05, 0) is 5.56 Å². The van der Waals surface area contributed by atoms with Gasteiger partial charge in [-0.2, -0.15) is 0 Å². The van der Waals surface area contributed by atoms with E-state index in [1.807, 2.05) is 30.0 Å². The zero-order chi connectivity index (χ0) is 12.4. The third-order valence-electron chi connectivity index (χ3n) is 3.53. The van der Waals surface area contributed by atoms with Gasteiger partial charge in [-0.3, -0.25) is 0 Å². The Morgan fingerprint density at radius 3 is 2.89 bits per heavy atom. The molecule has 18 heavy (non-hydrogen) atoms. The average Bonchev–Trinajstić information content (AvgIpc) is 2.84. The third kappa shape index (κ3) is 2.57. The highest BCUT2D eigenvalue weighted by Crippen LogP contribution is 2.39. The molecule has 0 aliphatic carbocycles. The minimum absolute atomic E-state index is 0.138. The van der Waals surface area contributed by atoms with Crippen LogP contribution in [0.2, 0.25) is 0 Å². The summed E-state index contributed by atoms with van der Waals surface area (Å²) in [5, 5.41) is 0. The van der Waals surface area contributed by atoms with Crippen LogP contribution in [-0.2, 0) is 20.8 Å². The van der Waals surface area contributed by atoms with Crippen molar-refractivity contribution in [3.8, 4) is 0 Å². The van der Waals surface area contributed by atoms with Gasteiger partial charge in [0.15, 0.2) is 0 Å². The van der Waals surface area contributed by atoms with Gasteiger partial charge >= 0.3 is 0 Å². The number of hydrogen-bond donors (Lipinski definition) is 0. The predicted molar refractivity (Wildman–Crippen MR) is 71.6 cm³/mol. The number of fused-ring (bicyclic) bond motifs is 2. The summed E-state index contributed by atoms with van der Waals surface area (Å²) in [4.78, 5) is 0. The van der Waals surface area contributed by atoms with Gasteiger partial charge in [-0.1, -0.05) is 30.3 Å². The molecule has 0 spiro atoms. The second-order valence-corrected chi connectivity index (χ2v) is 5.85.